The van der Waals surface area contributed by atoms with Crippen molar-refractivity contribution in [3.8, 4) is 11.3 Å². The van der Waals surface area contributed by atoms with Crippen LogP contribution in [0.15, 0.2) is 29.6 Å². The SMILES string of the molecule is Cc1nnsc1C(=O)Nc1nc(-c2ccc(I)cc2)cs1. The summed E-state index contributed by atoms with van der Waals surface area (Å²) >= 11 is 4.74. The van der Waals surface area contributed by atoms with Gasteiger partial charge in [0.15, 0.2) is 5.13 Å². The van der Waals surface area contributed by atoms with E-state index in [9.17, 15) is 4.79 Å². The number of carbonyl (C=O) groups excluding carboxylic acids is 1. The maximum absolute atomic E-state index is 12.1. The van der Waals surface area contributed by atoms with E-state index in [0.29, 0.717) is 15.7 Å². The van der Waals surface area contributed by atoms with E-state index in [2.05, 4.69) is 42.5 Å². The van der Waals surface area contributed by atoms with Gasteiger partial charge in [-0.3, -0.25) is 10.1 Å². The second kappa shape index (κ2) is 6.16. The number of halogens is 1. The monoisotopic (exact) mass is 428 g/mol. The molecule has 1 aromatic carbocycles. The van der Waals surface area contributed by atoms with Gasteiger partial charge in [0.25, 0.3) is 5.91 Å². The average Bonchev–Trinajstić information content (AvgIpc) is 3.09. The molecule has 1 N–H and O–H groups in total. The zero-order chi connectivity index (χ0) is 14.8. The number of hydrogen-bond acceptors (Lipinski definition) is 6. The summed E-state index contributed by atoms with van der Waals surface area (Å²) in [7, 11) is 0. The fourth-order valence-electron chi connectivity index (χ4n) is 1.68. The molecule has 0 aliphatic heterocycles. The average molecular weight is 428 g/mol. The van der Waals surface area contributed by atoms with Gasteiger partial charge in [-0.2, -0.15) is 0 Å². The molecule has 1 amide bonds. The lowest BCUT2D eigenvalue weighted by atomic mass is 10.2. The van der Waals surface area contributed by atoms with Crippen molar-refractivity contribution in [3.63, 3.8) is 0 Å². The highest BCUT2D eigenvalue weighted by atomic mass is 127. The van der Waals surface area contributed by atoms with Crippen molar-refractivity contribution in [3.05, 3.63) is 43.8 Å². The van der Waals surface area contributed by atoms with Crippen molar-refractivity contribution in [2.75, 3.05) is 5.32 Å². The Labute approximate surface area is 142 Å². The molecule has 3 aromatic rings. The molecule has 0 saturated heterocycles. The molecule has 21 heavy (non-hydrogen) atoms. The number of benzene rings is 1. The first-order valence-corrected chi connectivity index (χ1v) is 8.68. The van der Waals surface area contributed by atoms with Crippen LogP contribution in [0.4, 0.5) is 5.13 Å². The molecule has 0 saturated carbocycles. The summed E-state index contributed by atoms with van der Waals surface area (Å²) in [5, 5.41) is 9.11. The highest BCUT2D eigenvalue weighted by Crippen LogP contribution is 2.26. The largest absolute Gasteiger partial charge is 0.297 e. The minimum Gasteiger partial charge on any atom is -0.297 e. The molecule has 3 rings (SSSR count). The third-order valence-corrected chi connectivity index (χ3v) is 5.03. The number of carbonyl (C=O) groups is 1. The van der Waals surface area contributed by atoms with Crippen molar-refractivity contribution in [1.29, 1.82) is 0 Å². The molecule has 2 aromatic heterocycles. The smallest absolute Gasteiger partial charge is 0.271 e. The Morgan fingerprint density at radius 1 is 1.29 bits per heavy atom. The van der Waals surface area contributed by atoms with Crippen LogP contribution >= 0.6 is 45.5 Å². The fraction of sp³-hybridized carbons (Fsp3) is 0.0769. The number of nitrogens with zero attached hydrogens (tertiary/aromatic N) is 3. The molecule has 106 valence electrons. The molecule has 0 radical (unpaired) electrons. The molecule has 0 fully saturated rings. The fourth-order valence-corrected chi connectivity index (χ4v) is 3.30. The zero-order valence-corrected chi connectivity index (χ0v) is 14.6. The van der Waals surface area contributed by atoms with Gasteiger partial charge < -0.3 is 0 Å². The van der Waals surface area contributed by atoms with Crippen LogP contribution in [-0.4, -0.2) is 20.5 Å². The van der Waals surface area contributed by atoms with E-state index in [1.807, 2.05) is 29.6 Å². The number of nitrogens with one attached hydrogen (secondary N) is 1. The number of aromatic nitrogens is 3. The van der Waals surface area contributed by atoms with E-state index >= 15 is 0 Å². The molecule has 0 aliphatic rings. The van der Waals surface area contributed by atoms with E-state index < -0.39 is 0 Å². The molecule has 8 heteroatoms. The van der Waals surface area contributed by atoms with E-state index in [1.54, 1.807) is 6.92 Å². The highest BCUT2D eigenvalue weighted by Gasteiger charge is 2.15. The lowest BCUT2D eigenvalue weighted by Crippen LogP contribution is -2.11. The van der Waals surface area contributed by atoms with Crippen LogP contribution in [0.3, 0.4) is 0 Å². The summed E-state index contributed by atoms with van der Waals surface area (Å²) < 4.78 is 4.93. The second-order valence-electron chi connectivity index (χ2n) is 4.19. The van der Waals surface area contributed by atoms with E-state index in [0.717, 1.165) is 22.8 Å². The third-order valence-electron chi connectivity index (χ3n) is 2.72. The third kappa shape index (κ3) is 3.27. The molecule has 0 bridgehead atoms. The predicted molar refractivity (Wildman–Crippen MR) is 92.9 cm³/mol. The number of rotatable bonds is 3. The molecule has 0 unspecified atom stereocenters. The van der Waals surface area contributed by atoms with E-state index in [-0.39, 0.29) is 5.91 Å². The molecule has 0 atom stereocenters. The Morgan fingerprint density at radius 2 is 2.05 bits per heavy atom. The Morgan fingerprint density at radius 3 is 2.71 bits per heavy atom. The Hall–Kier alpha value is -1.39. The number of hydrogen-bond donors (Lipinski definition) is 1. The van der Waals surface area contributed by atoms with Gasteiger partial charge in [0.05, 0.1) is 11.4 Å². The summed E-state index contributed by atoms with van der Waals surface area (Å²) in [6.45, 7) is 1.76. The van der Waals surface area contributed by atoms with Crippen molar-refractivity contribution >= 4 is 56.5 Å². The molecule has 5 nitrogen and oxygen atoms in total. The van der Waals surface area contributed by atoms with Crippen molar-refractivity contribution < 1.29 is 4.79 Å². The van der Waals surface area contributed by atoms with Crippen molar-refractivity contribution in [1.82, 2.24) is 14.6 Å². The lowest BCUT2D eigenvalue weighted by molar-refractivity contribution is 0.103. The summed E-state index contributed by atoms with van der Waals surface area (Å²) in [6.07, 6.45) is 0. The number of thiazole rings is 1. The van der Waals surface area contributed by atoms with Crippen LogP contribution < -0.4 is 5.32 Å². The highest BCUT2D eigenvalue weighted by molar-refractivity contribution is 14.1. The maximum Gasteiger partial charge on any atom is 0.271 e. The normalized spacial score (nSPS) is 10.6. The van der Waals surface area contributed by atoms with E-state index in [4.69, 9.17) is 0 Å². The van der Waals surface area contributed by atoms with Gasteiger partial charge in [-0.25, -0.2) is 4.98 Å². The minimum atomic E-state index is -0.217. The maximum atomic E-state index is 12.1. The van der Waals surface area contributed by atoms with Gasteiger partial charge in [-0.05, 0) is 53.2 Å². The van der Waals surface area contributed by atoms with Gasteiger partial charge in [0, 0.05) is 14.5 Å². The standard InChI is InChI=1S/C13H9IN4OS2/c1-7-11(21-18-17-7)12(19)16-13-15-10(6-20-13)8-2-4-9(14)5-3-8/h2-6H,1H3,(H,15,16,19). The topological polar surface area (TPSA) is 67.8 Å². The first kappa shape index (κ1) is 14.5. The summed E-state index contributed by atoms with van der Waals surface area (Å²) in [6, 6.07) is 8.08. The van der Waals surface area contributed by atoms with Crippen LogP contribution in [0.5, 0.6) is 0 Å². The number of anilines is 1. The first-order valence-electron chi connectivity index (χ1n) is 5.95. The summed E-state index contributed by atoms with van der Waals surface area (Å²) in [5.41, 5.74) is 2.51. The summed E-state index contributed by atoms with van der Waals surface area (Å²) in [4.78, 5) is 17.0. The molecule has 0 aliphatic carbocycles. The zero-order valence-electron chi connectivity index (χ0n) is 10.8. The van der Waals surface area contributed by atoms with Gasteiger partial charge >= 0.3 is 0 Å². The number of aryl methyl sites for hydroxylation is 1. The van der Waals surface area contributed by atoms with Gasteiger partial charge in [0.1, 0.15) is 4.88 Å². The van der Waals surface area contributed by atoms with Crippen LogP contribution in [0.1, 0.15) is 15.4 Å². The van der Waals surface area contributed by atoms with Gasteiger partial charge in [-0.15, -0.1) is 16.4 Å². The van der Waals surface area contributed by atoms with Crippen LogP contribution in [0, 0.1) is 10.5 Å². The quantitative estimate of drug-likeness (QED) is 0.644. The van der Waals surface area contributed by atoms with Crippen LogP contribution in [-0.2, 0) is 0 Å². The van der Waals surface area contributed by atoms with Crippen molar-refractivity contribution in [2.45, 2.75) is 6.92 Å². The summed E-state index contributed by atoms with van der Waals surface area (Å²) in [5.74, 6) is -0.217. The van der Waals surface area contributed by atoms with Gasteiger partial charge in [-0.1, -0.05) is 16.6 Å². The Bertz CT molecular complexity index is 782. The van der Waals surface area contributed by atoms with Crippen molar-refractivity contribution in [2.24, 2.45) is 0 Å². The first-order chi connectivity index (χ1) is 10.1. The lowest BCUT2D eigenvalue weighted by Gasteiger charge is -1.99. The molecule has 2 heterocycles. The van der Waals surface area contributed by atoms with Crippen LogP contribution in [0.2, 0.25) is 0 Å². The molecular weight excluding hydrogens is 419 g/mol. The molecule has 0 spiro atoms. The van der Waals surface area contributed by atoms with Gasteiger partial charge in [0.2, 0.25) is 0 Å². The predicted octanol–water partition coefficient (Wildman–Crippen LogP) is 3.83. The van der Waals surface area contributed by atoms with Crippen LogP contribution in [0.25, 0.3) is 11.3 Å². The second-order valence-corrected chi connectivity index (χ2v) is 7.04. The molecular formula is C13H9IN4OS2. The minimum absolute atomic E-state index is 0.217. The Kier molecular flexibility index (Phi) is 4.27. The Balaban J connectivity index is 1.78. The van der Waals surface area contributed by atoms with E-state index in [1.165, 1.54) is 14.9 Å². The number of amides is 1.